The molecule has 0 radical (unpaired) electrons. The number of aromatic nitrogens is 2. The van der Waals surface area contributed by atoms with Crippen molar-refractivity contribution in [3.05, 3.63) is 36.0 Å². The third-order valence-electron chi connectivity index (χ3n) is 4.98. The lowest BCUT2D eigenvalue weighted by Gasteiger charge is -2.26. The second-order valence-electron chi connectivity index (χ2n) is 7.10. The third kappa shape index (κ3) is 4.64. The van der Waals surface area contributed by atoms with Gasteiger partial charge in [-0.05, 0) is 55.9 Å². The molecule has 3 N–H and O–H groups in total. The van der Waals surface area contributed by atoms with Gasteiger partial charge in [-0.25, -0.2) is 0 Å². The number of benzene rings is 1. The topological polar surface area (TPSA) is 113 Å². The van der Waals surface area contributed by atoms with Gasteiger partial charge in [-0.15, -0.1) is 0 Å². The summed E-state index contributed by atoms with van der Waals surface area (Å²) in [5.41, 5.74) is 6.78. The molecule has 0 bridgehead atoms. The number of hydrogen-bond donors (Lipinski definition) is 2. The summed E-state index contributed by atoms with van der Waals surface area (Å²) in [7, 11) is 0. The van der Waals surface area contributed by atoms with Gasteiger partial charge in [0, 0.05) is 24.8 Å². The molecule has 1 saturated heterocycles. The summed E-state index contributed by atoms with van der Waals surface area (Å²) < 4.78 is 16.2. The summed E-state index contributed by atoms with van der Waals surface area (Å²) in [6.45, 7) is 1.58. The lowest BCUT2D eigenvalue weighted by atomic mass is 9.92. The maximum absolute atomic E-state index is 12.3. The van der Waals surface area contributed by atoms with Gasteiger partial charge in [-0.1, -0.05) is 5.16 Å². The minimum Gasteiger partial charge on any atom is -0.485 e. The zero-order chi connectivity index (χ0) is 18.6. The van der Waals surface area contributed by atoms with E-state index < -0.39 is 6.04 Å². The minimum atomic E-state index is -0.524. The number of ether oxygens (including phenoxy) is 2. The van der Waals surface area contributed by atoms with Crippen LogP contribution in [0, 0.1) is 5.92 Å². The molecular formula is C19H24N4O4. The van der Waals surface area contributed by atoms with Crippen LogP contribution in [-0.4, -0.2) is 35.3 Å². The Morgan fingerprint density at radius 3 is 2.67 bits per heavy atom. The fourth-order valence-electron chi connectivity index (χ4n) is 3.12. The fraction of sp³-hybridized carbons (Fsp3) is 0.526. The van der Waals surface area contributed by atoms with E-state index in [2.05, 4.69) is 15.5 Å². The Kier molecular flexibility index (Phi) is 5.35. The van der Waals surface area contributed by atoms with Gasteiger partial charge in [-0.3, -0.25) is 4.79 Å². The van der Waals surface area contributed by atoms with E-state index in [9.17, 15) is 4.79 Å². The van der Waals surface area contributed by atoms with Gasteiger partial charge in [-0.2, -0.15) is 4.98 Å². The van der Waals surface area contributed by atoms with Gasteiger partial charge in [0.1, 0.15) is 5.75 Å². The lowest BCUT2D eigenvalue weighted by molar-refractivity contribution is -0.119. The molecule has 0 spiro atoms. The number of rotatable bonds is 7. The Balaban J connectivity index is 1.26. The van der Waals surface area contributed by atoms with E-state index in [1.807, 2.05) is 0 Å². The van der Waals surface area contributed by atoms with Crippen molar-refractivity contribution < 1.29 is 18.8 Å². The van der Waals surface area contributed by atoms with Gasteiger partial charge in [0.25, 0.3) is 0 Å². The molecule has 1 atom stereocenters. The molecule has 2 fully saturated rings. The first-order valence-corrected chi connectivity index (χ1v) is 9.38. The normalized spacial score (nSPS) is 18.9. The Morgan fingerprint density at radius 2 is 1.96 bits per heavy atom. The van der Waals surface area contributed by atoms with Crippen molar-refractivity contribution in [1.29, 1.82) is 0 Å². The van der Waals surface area contributed by atoms with Crippen LogP contribution in [0.2, 0.25) is 0 Å². The molecule has 1 amide bonds. The van der Waals surface area contributed by atoms with Crippen molar-refractivity contribution in [1.82, 2.24) is 10.1 Å². The van der Waals surface area contributed by atoms with Crippen LogP contribution in [0.5, 0.6) is 5.75 Å². The summed E-state index contributed by atoms with van der Waals surface area (Å²) in [6.07, 6.45) is 3.88. The number of anilines is 1. The van der Waals surface area contributed by atoms with Crippen LogP contribution >= 0.6 is 0 Å². The number of carbonyl (C=O) groups is 1. The second-order valence-corrected chi connectivity index (χ2v) is 7.10. The molecule has 1 unspecified atom stereocenters. The van der Waals surface area contributed by atoms with Gasteiger partial charge < -0.3 is 25.0 Å². The Bertz CT molecular complexity index is 766. The minimum absolute atomic E-state index is 0.164. The van der Waals surface area contributed by atoms with E-state index in [0.29, 0.717) is 42.3 Å². The quantitative estimate of drug-likeness (QED) is 0.766. The summed E-state index contributed by atoms with van der Waals surface area (Å²) in [6, 6.07) is 6.63. The standard InChI is InChI=1S/C19H24N4O4/c20-17(12-7-9-25-10-8-12)18(24)21-14-3-5-15(6-4-14)26-11-16-22-19(27-23-16)13-1-2-13/h3-6,12-13,17H,1-2,7-11,20H2,(H,21,24). The van der Waals surface area contributed by atoms with Crippen LogP contribution in [0.1, 0.15) is 43.3 Å². The van der Waals surface area contributed by atoms with Crippen molar-refractivity contribution in [3.8, 4) is 5.75 Å². The number of carbonyl (C=O) groups excluding carboxylic acids is 1. The van der Waals surface area contributed by atoms with Gasteiger partial charge in [0.15, 0.2) is 6.61 Å². The van der Waals surface area contributed by atoms with Crippen LogP contribution in [0.25, 0.3) is 0 Å². The van der Waals surface area contributed by atoms with E-state index in [-0.39, 0.29) is 18.4 Å². The average molecular weight is 372 g/mol. The average Bonchev–Trinajstić information content (AvgIpc) is 3.45. The molecule has 1 saturated carbocycles. The van der Waals surface area contributed by atoms with Crippen LogP contribution < -0.4 is 15.8 Å². The molecule has 27 heavy (non-hydrogen) atoms. The Morgan fingerprint density at radius 1 is 1.22 bits per heavy atom. The number of nitrogens with one attached hydrogen (secondary N) is 1. The maximum atomic E-state index is 12.3. The number of hydrogen-bond acceptors (Lipinski definition) is 7. The predicted octanol–water partition coefficient (Wildman–Crippen LogP) is 2.22. The van der Waals surface area contributed by atoms with Gasteiger partial charge in [0.05, 0.1) is 6.04 Å². The van der Waals surface area contributed by atoms with Gasteiger partial charge >= 0.3 is 0 Å². The SMILES string of the molecule is NC(C(=O)Nc1ccc(OCc2noc(C3CC3)n2)cc1)C1CCOCC1. The van der Waals surface area contributed by atoms with E-state index in [4.69, 9.17) is 19.7 Å². The van der Waals surface area contributed by atoms with Crippen LogP contribution in [0.4, 0.5) is 5.69 Å². The van der Waals surface area contributed by atoms with Crippen molar-refractivity contribution in [2.24, 2.45) is 11.7 Å². The molecule has 2 heterocycles. The Hall–Kier alpha value is -2.45. The molecular weight excluding hydrogens is 348 g/mol. The summed E-state index contributed by atoms with van der Waals surface area (Å²) in [5.74, 6) is 2.33. The lowest BCUT2D eigenvalue weighted by Crippen LogP contribution is -2.43. The third-order valence-corrected chi connectivity index (χ3v) is 4.98. The van der Waals surface area contributed by atoms with Crippen LogP contribution in [0.3, 0.4) is 0 Å². The second kappa shape index (κ2) is 8.06. The Labute approximate surface area is 157 Å². The van der Waals surface area contributed by atoms with Gasteiger partial charge in [0.2, 0.25) is 17.6 Å². The van der Waals surface area contributed by atoms with E-state index in [1.165, 1.54) is 0 Å². The first-order valence-electron chi connectivity index (χ1n) is 9.38. The highest BCUT2D eigenvalue weighted by molar-refractivity contribution is 5.94. The first-order chi connectivity index (χ1) is 13.2. The van der Waals surface area contributed by atoms with E-state index in [1.54, 1.807) is 24.3 Å². The molecule has 1 aromatic heterocycles. The molecule has 2 aliphatic rings. The smallest absolute Gasteiger partial charge is 0.241 e. The highest BCUT2D eigenvalue weighted by Gasteiger charge is 2.29. The summed E-state index contributed by atoms with van der Waals surface area (Å²) in [5, 5.41) is 6.79. The molecule has 1 aromatic carbocycles. The first kappa shape index (κ1) is 17.9. The van der Waals surface area contributed by atoms with Crippen LogP contribution in [0.15, 0.2) is 28.8 Å². The van der Waals surface area contributed by atoms with Crippen molar-refractivity contribution in [2.45, 2.75) is 44.2 Å². The molecule has 1 aliphatic carbocycles. The van der Waals surface area contributed by atoms with Crippen LogP contribution in [-0.2, 0) is 16.1 Å². The van der Waals surface area contributed by atoms with Crippen molar-refractivity contribution >= 4 is 11.6 Å². The molecule has 8 heteroatoms. The highest BCUT2D eigenvalue weighted by atomic mass is 16.5. The van der Waals surface area contributed by atoms with Crippen molar-refractivity contribution in [2.75, 3.05) is 18.5 Å². The predicted molar refractivity (Wildman–Crippen MR) is 97.2 cm³/mol. The number of amides is 1. The monoisotopic (exact) mass is 372 g/mol. The molecule has 2 aromatic rings. The number of nitrogens with two attached hydrogens (primary N) is 1. The summed E-state index contributed by atoms with van der Waals surface area (Å²) >= 11 is 0. The zero-order valence-corrected chi connectivity index (χ0v) is 15.1. The van der Waals surface area contributed by atoms with E-state index >= 15 is 0 Å². The maximum Gasteiger partial charge on any atom is 0.241 e. The molecule has 144 valence electrons. The largest absolute Gasteiger partial charge is 0.485 e. The summed E-state index contributed by atoms with van der Waals surface area (Å²) in [4.78, 5) is 16.7. The van der Waals surface area contributed by atoms with Crippen molar-refractivity contribution in [3.63, 3.8) is 0 Å². The highest BCUT2D eigenvalue weighted by Crippen LogP contribution is 2.38. The fourth-order valence-corrected chi connectivity index (χ4v) is 3.12. The molecule has 1 aliphatic heterocycles. The van der Waals surface area contributed by atoms with E-state index in [0.717, 1.165) is 25.7 Å². The zero-order valence-electron chi connectivity index (χ0n) is 15.1. The molecule has 8 nitrogen and oxygen atoms in total. The number of nitrogens with zero attached hydrogens (tertiary/aromatic N) is 2. The molecule has 4 rings (SSSR count).